The number of benzene rings is 1. The van der Waals surface area contributed by atoms with Gasteiger partial charge in [0.2, 0.25) is 0 Å². The summed E-state index contributed by atoms with van der Waals surface area (Å²) in [7, 11) is 0. The zero-order valence-corrected chi connectivity index (χ0v) is 13.6. The number of carboxylic acids is 1. The molecule has 0 spiro atoms. The molecule has 4 heteroatoms. The highest BCUT2D eigenvalue weighted by Gasteiger charge is 2.32. The van der Waals surface area contributed by atoms with E-state index >= 15 is 0 Å². The van der Waals surface area contributed by atoms with E-state index in [0.717, 1.165) is 6.42 Å². The number of halogens is 1. The molecule has 116 valence electrons. The molecular weight excluding hydrogens is 288 g/mol. The number of carbonyl (C=O) groups is 1. The van der Waals surface area contributed by atoms with Gasteiger partial charge in [-0.25, -0.2) is 4.79 Å². The van der Waals surface area contributed by atoms with Crippen LogP contribution in [0.2, 0.25) is 5.02 Å². The average molecular weight is 311 g/mol. The van der Waals surface area contributed by atoms with Crippen molar-refractivity contribution in [2.24, 2.45) is 17.8 Å². The Labute approximate surface area is 131 Å². The van der Waals surface area contributed by atoms with E-state index in [1.165, 1.54) is 18.9 Å². The molecule has 0 heterocycles. The SMILES string of the molecule is CC1CCC(C(C)C)C(Oc2ccc(C(=O)O)cc2Cl)C1. The minimum Gasteiger partial charge on any atom is -0.489 e. The molecule has 1 N–H and O–H groups in total. The van der Waals surface area contributed by atoms with Crippen LogP contribution < -0.4 is 4.74 Å². The lowest BCUT2D eigenvalue weighted by molar-refractivity contribution is 0.0461. The van der Waals surface area contributed by atoms with Crippen LogP contribution in [0.4, 0.5) is 0 Å². The van der Waals surface area contributed by atoms with Crippen LogP contribution in [0.25, 0.3) is 0 Å². The second-order valence-electron chi connectivity index (χ2n) is 6.43. The maximum atomic E-state index is 10.9. The van der Waals surface area contributed by atoms with Gasteiger partial charge in [0.25, 0.3) is 0 Å². The molecule has 2 rings (SSSR count). The van der Waals surface area contributed by atoms with Crippen molar-refractivity contribution in [1.82, 2.24) is 0 Å². The summed E-state index contributed by atoms with van der Waals surface area (Å²) in [4.78, 5) is 10.9. The van der Waals surface area contributed by atoms with Crippen molar-refractivity contribution >= 4 is 17.6 Å². The molecule has 1 aliphatic rings. The van der Waals surface area contributed by atoms with Gasteiger partial charge in [-0.15, -0.1) is 0 Å². The second kappa shape index (κ2) is 6.69. The summed E-state index contributed by atoms with van der Waals surface area (Å²) < 4.78 is 6.14. The molecule has 1 saturated carbocycles. The third kappa shape index (κ3) is 3.91. The van der Waals surface area contributed by atoms with Crippen LogP contribution in [0.5, 0.6) is 5.75 Å². The molecule has 1 aromatic carbocycles. The molecule has 0 amide bonds. The maximum absolute atomic E-state index is 10.9. The smallest absolute Gasteiger partial charge is 0.335 e. The molecule has 3 nitrogen and oxygen atoms in total. The summed E-state index contributed by atoms with van der Waals surface area (Å²) in [5.41, 5.74) is 0.185. The average Bonchev–Trinajstić information content (AvgIpc) is 2.40. The Balaban J connectivity index is 2.16. The minimum absolute atomic E-state index is 0.155. The van der Waals surface area contributed by atoms with Crippen molar-refractivity contribution in [3.05, 3.63) is 28.8 Å². The van der Waals surface area contributed by atoms with Gasteiger partial charge in [0, 0.05) is 0 Å². The molecule has 3 unspecified atom stereocenters. The first-order valence-electron chi connectivity index (χ1n) is 7.58. The Morgan fingerprint density at radius 2 is 2.10 bits per heavy atom. The van der Waals surface area contributed by atoms with E-state index in [0.29, 0.717) is 28.5 Å². The van der Waals surface area contributed by atoms with Crippen LogP contribution in [0.3, 0.4) is 0 Å². The van der Waals surface area contributed by atoms with E-state index < -0.39 is 5.97 Å². The first kappa shape index (κ1) is 16.2. The van der Waals surface area contributed by atoms with Gasteiger partial charge in [-0.05, 0) is 48.8 Å². The highest BCUT2D eigenvalue weighted by molar-refractivity contribution is 6.32. The fourth-order valence-electron chi connectivity index (χ4n) is 3.14. The molecule has 1 aliphatic carbocycles. The first-order valence-corrected chi connectivity index (χ1v) is 7.95. The van der Waals surface area contributed by atoms with Gasteiger partial charge in [-0.2, -0.15) is 0 Å². The number of ether oxygens (including phenoxy) is 1. The normalized spacial score (nSPS) is 25.9. The van der Waals surface area contributed by atoms with Gasteiger partial charge in [-0.3, -0.25) is 0 Å². The van der Waals surface area contributed by atoms with Crippen molar-refractivity contribution in [1.29, 1.82) is 0 Å². The Bertz CT molecular complexity index is 513. The van der Waals surface area contributed by atoms with Crippen LogP contribution in [0.1, 0.15) is 50.4 Å². The van der Waals surface area contributed by atoms with E-state index in [1.54, 1.807) is 12.1 Å². The van der Waals surface area contributed by atoms with Crippen LogP contribution in [0, 0.1) is 17.8 Å². The summed E-state index contributed by atoms with van der Waals surface area (Å²) in [6.07, 6.45) is 3.60. The summed E-state index contributed by atoms with van der Waals surface area (Å²) in [6.45, 7) is 6.71. The largest absolute Gasteiger partial charge is 0.489 e. The standard InChI is InChI=1S/C17H23ClO3/c1-10(2)13-6-4-11(3)8-16(13)21-15-7-5-12(17(19)20)9-14(15)18/h5,7,9-11,13,16H,4,6,8H2,1-3H3,(H,19,20). The number of aromatic carboxylic acids is 1. The fourth-order valence-corrected chi connectivity index (χ4v) is 3.37. The summed E-state index contributed by atoms with van der Waals surface area (Å²) >= 11 is 6.17. The first-order chi connectivity index (χ1) is 9.88. The van der Waals surface area contributed by atoms with Gasteiger partial charge in [0.15, 0.2) is 0 Å². The highest BCUT2D eigenvalue weighted by Crippen LogP contribution is 2.37. The number of rotatable bonds is 4. The van der Waals surface area contributed by atoms with Crippen molar-refractivity contribution in [2.45, 2.75) is 46.1 Å². The lowest BCUT2D eigenvalue weighted by Gasteiger charge is -2.37. The lowest BCUT2D eigenvalue weighted by atomic mass is 9.75. The summed E-state index contributed by atoms with van der Waals surface area (Å²) in [6, 6.07) is 4.67. The molecule has 1 fully saturated rings. The van der Waals surface area contributed by atoms with Crippen LogP contribution >= 0.6 is 11.6 Å². The minimum atomic E-state index is -0.977. The second-order valence-corrected chi connectivity index (χ2v) is 6.84. The van der Waals surface area contributed by atoms with E-state index in [9.17, 15) is 4.79 Å². The molecule has 0 bridgehead atoms. The predicted octanol–water partition coefficient (Wildman–Crippen LogP) is 4.88. The number of carboxylic acid groups (broad SMARTS) is 1. The van der Waals surface area contributed by atoms with Crippen molar-refractivity contribution in [3.63, 3.8) is 0 Å². The van der Waals surface area contributed by atoms with Crippen LogP contribution in [-0.2, 0) is 0 Å². The van der Waals surface area contributed by atoms with Gasteiger partial charge >= 0.3 is 5.97 Å². The quantitative estimate of drug-likeness (QED) is 0.862. The van der Waals surface area contributed by atoms with Gasteiger partial charge in [0.05, 0.1) is 10.6 Å². The molecule has 21 heavy (non-hydrogen) atoms. The number of hydrogen-bond donors (Lipinski definition) is 1. The van der Waals surface area contributed by atoms with Crippen LogP contribution in [-0.4, -0.2) is 17.2 Å². The molecule has 0 aromatic heterocycles. The third-order valence-electron chi connectivity index (χ3n) is 4.42. The van der Waals surface area contributed by atoms with Crippen molar-refractivity contribution in [3.8, 4) is 5.75 Å². The van der Waals surface area contributed by atoms with Crippen LogP contribution in [0.15, 0.2) is 18.2 Å². The molecule has 1 aromatic rings. The van der Waals surface area contributed by atoms with E-state index in [4.69, 9.17) is 21.4 Å². The zero-order chi connectivity index (χ0) is 15.6. The van der Waals surface area contributed by atoms with E-state index in [1.807, 2.05) is 0 Å². The summed E-state index contributed by atoms with van der Waals surface area (Å²) in [5.74, 6) is 1.36. The zero-order valence-electron chi connectivity index (χ0n) is 12.8. The molecular formula is C17H23ClO3. The highest BCUT2D eigenvalue weighted by atomic mass is 35.5. The third-order valence-corrected chi connectivity index (χ3v) is 4.71. The van der Waals surface area contributed by atoms with Gasteiger partial charge < -0.3 is 9.84 Å². The molecule has 0 radical (unpaired) electrons. The Morgan fingerprint density at radius 3 is 2.67 bits per heavy atom. The lowest BCUT2D eigenvalue weighted by Crippen LogP contribution is -2.36. The molecule has 0 saturated heterocycles. The van der Waals surface area contributed by atoms with Gasteiger partial charge in [0.1, 0.15) is 11.9 Å². The fraction of sp³-hybridized carbons (Fsp3) is 0.588. The molecule has 3 atom stereocenters. The number of hydrogen-bond acceptors (Lipinski definition) is 2. The maximum Gasteiger partial charge on any atom is 0.335 e. The van der Waals surface area contributed by atoms with Crippen molar-refractivity contribution < 1.29 is 14.6 Å². The topological polar surface area (TPSA) is 46.5 Å². The Morgan fingerprint density at radius 1 is 1.38 bits per heavy atom. The van der Waals surface area contributed by atoms with E-state index in [-0.39, 0.29) is 11.7 Å². The predicted molar refractivity (Wildman–Crippen MR) is 84.2 cm³/mol. The monoisotopic (exact) mass is 310 g/mol. The van der Waals surface area contributed by atoms with Crippen molar-refractivity contribution in [2.75, 3.05) is 0 Å². The molecule has 0 aliphatic heterocycles. The van der Waals surface area contributed by atoms with Gasteiger partial charge in [-0.1, -0.05) is 38.8 Å². The van der Waals surface area contributed by atoms with E-state index in [2.05, 4.69) is 20.8 Å². The Hall–Kier alpha value is -1.22. The summed E-state index contributed by atoms with van der Waals surface area (Å²) in [5, 5.41) is 9.34. The Kier molecular flexibility index (Phi) is 5.15.